The third kappa shape index (κ3) is 3.37. The summed E-state index contributed by atoms with van der Waals surface area (Å²) in [5.74, 6) is -4.55. The van der Waals surface area contributed by atoms with E-state index in [1.54, 1.807) is 0 Å². The van der Waals surface area contributed by atoms with Gasteiger partial charge in [-0.05, 0) is 12.8 Å². The van der Waals surface area contributed by atoms with Crippen molar-refractivity contribution in [1.29, 1.82) is 0 Å². The standard InChI is InChI=1S/C15H19F3N2O/c16-11-7-10(8-12(17)13(11)18)20-14(21)15(9-19)5-3-1-2-4-6-15/h7-8H,1-6,9,19H2,(H,20,21). The predicted octanol–water partition coefficient (Wildman–Crippen LogP) is 3.34. The predicted molar refractivity (Wildman–Crippen MR) is 74.1 cm³/mol. The highest BCUT2D eigenvalue weighted by molar-refractivity contribution is 5.95. The van der Waals surface area contributed by atoms with E-state index in [0.29, 0.717) is 12.8 Å². The molecule has 0 spiro atoms. The molecule has 0 heterocycles. The SMILES string of the molecule is NCC1(C(=O)Nc2cc(F)c(F)c(F)c2)CCCCCC1. The van der Waals surface area contributed by atoms with Gasteiger partial charge >= 0.3 is 0 Å². The molecular weight excluding hydrogens is 281 g/mol. The summed E-state index contributed by atoms with van der Waals surface area (Å²) >= 11 is 0. The van der Waals surface area contributed by atoms with Crippen molar-refractivity contribution in [3.05, 3.63) is 29.6 Å². The summed E-state index contributed by atoms with van der Waals surface area (Å²) in [5, 5.41) is 2.47. The van der Waals surface area contributed by atoms with E-state index in [4.69, 9.17) is 5.73 Å². The van der Waals surface area contributed by atoms with Gasteiger partial charge in [-0.25, -0.2) is 13.2 Å². The summed E-state index contributed by atoms with van der Waals surface area (Å²) in [7, 11) is 0. The number of nitrogens with one attached hydrogen (secondary N) is 1. The van der Waals surface area contributed by atoms with Crippen LogP contribution in [-0.2, 0) is 4.79 Å². The van der Waals surface area contributed by atoms with E-state index in [0.717, 1.165) is 37.8 Å². The molecule has 3 nitrogen and oxygen atoms in total. The molecule has 0 radical (unpaired) electrons. The summed E-state index contributed by atoms with van der Waals surface area (Å²) in [6, 6.07) is 1.55. The van der Waals surface area contributed by atoms with Crippen LogP contribution in [0.15, 0.2) is 12.1 Å². The first-order valence-electron chi connectivity index (χ1n) is 7.14. The molecule has 1 amide bonds. The maximum absolute atomic E-state index is 13.2. The monoisotopic (exact) mass is 300 g/mol. The maximum Gasteiger partial charge on any atom is 0.231 e. The number of benzene rings is 1. The molecule has 0 atom stereocenters. The molecule has 0 bridgehead atoms. The fourth-order valence-electron chi connectivity index (χ4n) is 2.82. The van der Waals surface area contributed by atoms with Gasteiger partial charge < -0.3 is 11.1 Å². The number of nitrogens with two attached hydrogens (primary N) is 1. The number of hydrogen-bond acceptors (Lipinski definition) is 2. The van der Waals surface area contributed by atoms with E-state index in [1.165, 1.54) is 0 Å². The Hall–Kier alpha value is -1.56. The maximum atomic E-state index is 13.2. The molecule has 6 heteroatoms. The molecule has 3 N–H and O–H groups in total. The van der Waals surface area contributed by atoms with E-state index < -0.39 is 22.9 Å². The van der Waals surface area contributed by atoms with Gasteiger partial charge in [0.05, 0.1) is 5.41 Å². The zero-order valence-electron chi connectivity index (χ0n) is 11.7. The first kappa shape index (κ1) is 15.8. The number of rotatable bonds is 3. The summed E-state index contributed by atoms with van der Waals surface area (Å²) in [5.41, 5.74) is 4.98. The van der Waals surface area contributed by atoms with Crippen LogP contribution in [-0.4, -0.2) is 12.5 Å². The van der Waals surface area contributed by atoms with Crippen LogP contribution in [0.3, 0.4) is 0 Å². The minimum Gasteiger partial charge on any atom is -0.329 e. The largest absolute Gasteiger partial charge is 0.329 e. The van der Waals surface area contributed by atoms with Gasteiger partial charge in [0.25, 0.3) is 0 Å². The van der Waals surface area contributed by atoms with Crippen molar-refractivity contribution in [2.45, 2.75) is 38.5 Å². The van der Waals surface area contributed by atoms with Gasteiger partial charge in [-0.2, -0.15) is 0 Å². The summed E-state index contributed by atoms with van der Waals surface area (Å²) in [6.07, 6.45) is 5.21. The molecule has 1 fully saturated rings. The molecule has 1 aliphatic rings. The highest BCUT2D eigenvalue weighted by Crippen LogP contribution is 2.35. The van der Waals surface area contributed by atoms with Crippen LogP contribution >= 0.6 is 0 Å². The Kier molecular flexibility index (Phi) is 4.88. The van der Waals surface area contributed by atoms with Crippen LogP contribution in [0, 0.1) is 22.9 Å². The van der Waals surface area contributed by atoms with Crippen molar-refractivity contribution in [3.8, 4) is 0 Å². The number of carbonyl (C=O) groups excluding carboxylic acids is 1. The number of halogens is 3. The van der Waals surface area contributed by atoms with E-state index in [1.807, 2.05) is 0 Å². The average Bonchev–Trinajstić information content (AvgIpc) is 2.71. The van der Waals surface area contributed by atoms with E-state index in [2.05, 4.69) is 5.32 Å². The van der Waals surface area contributed by atoms with Crippen LogP contribution in [0.2, 0.25) is 0 Å². The average molecular weight is 300 g/mol. The molecule has 2 rings (SSSR count). The lowest BCUT2D eigenvalue weighted by atomic mass is 9.79. The Morgan fingerprint density at radius 3 is 2.10 bits per heavy atom. The van der Waals surface area contributed by atoms with Crippen molar-refractivity contribution >= 4 is 11.6 Å². The van der Waals surface area contributed by atoms with Gasteiger partial charge in [0, 0.05) is 24.4 Å². The van der Waals surface area contributed by atoms with Crippen molar-refractivity contribution in [2.75, 3.05) is 11.9 Å². The summed E-state index contributed by atoms with van der Waals surface area (Å²) in [6.45, 7) is 0.186. The lowest BCUT2D eigenvalue weighted by Gasteiger charge is -2.29. The molecule has 0 aliphatic heterocycles. The quantitative estimate of drug-likeness (QED) is 0.664. The first-order chi connectivity index (χ1) is 9.98. The lowest BCUT2D eigenvalue weighted by molar-refractivity contribution is -0.125. The molecule has 1 aliphatic carbocycles. The van der Waals surface area contributed by atoms with Crippen molar-refractivity contribution in [1.82, 2.24) is 0 Å². The van der Waals surface area contributed by atoms with E-state index in [-0.39, 0.29) is 18.1 Å². The molecule has 0 aromatic heterocycles. The molecule has 21 heavy (non-hydrogen) atoms. The summed E-state index contributed by atoms with van der Waals surface area (Å²) < 4.78 is 39.3. The highest BCUT2D eigenvalue weighted by atomic mass is 19.2. The lowest BCUT2D eigenvalue weighted by Crippen LogP contribution is -2.42. The highest BCUT2D eigenvalue weighted by Gasteiger charge is 2.37. The minimum atomic E-state index is -1.55. The Labute approximate surface area is 121 Å². The number of amides is 1. The van der Waals surface area contributed by atoms with Gasteiger partial charge in [0.1, 0.15) is 0 Å². The molecule has 116 valence electrons. The van der Waals surface area contributed by atoms with Crippen LogP contribution in [0.25, 0.3) is 0 Å². The smallest absolute Gasteiger partial charge is 0.231 e. The number of hydrogen-bond donors (Lipinski definition) is 2. The molecule has 1 aromatic rings. The van der Waals surface area contributed by atoms with Crippen molar-refractivity contribution in [3.63, 3.8) is 0 Å². The normalized spacial score (nSPS) is 18.1. The zero-order chi connectivity index (χ0) is 15.5. The fraction of sp³-hybridized carbons (Fsp3) is 0.533. The van der Waals surface area contributed by atoms with Crippen LogP contribution < -0.4 is 11.1 Å². The number of carbonyl (C=O) groups is 1. The zero-order valence-corrected chi connectivity index (χ0v) is 11.7. The molecular formula is C15H19F3N2O. The second kappa shape index (κ2) is 6.47. The van der Waals surface area contributed by atoms with Gasteiger partial charge in [-0.15, -0.1) is 0 Å². The van der Waals surface area contributed by atoms with Crippen molar-refractivity contribution in [2.24, 2.45) is 11.1 Å². The Morgan fingerprint density at radius 2 is 1.62 bits per heavy atom. The Bertz CT molecular complexity index is 503. The Morgan fingerprint density at radius 1 is 1.10 bits per heavy atom. The molecule has 0 saturated heterocycles. The summed E-state index contributed by atoms with van der Waals surface area (Å²) in [4.78, 5) is 12.5. The van der Waals surface area contributed by atoms with E-state index in [9.17, 15) is 18.0 Å². The van der Waals surface area contributed by atoms with Crippen LogP contribution in [0.5, 0.6) is 0 Å². The Balaban J connectivity index is 2.19. The molecule has 1 saturated carbocycles. The minimum absolute atomic E-state index is 0.0894. The van der Waals surface area contributed by atoms with Gasteiger partial charge in [0.15, 0.2) is 17.5 Å². The second-order valence-electron chi connectivity index (χ2n) is 5.61. The fourth-order valence-corrected chi connectivity index (χ4v) is 2.82. The third-order valence-electron chi connectivity index (χ3n) is 4.17. The topological polar surface area (TPSA) is 55.1 Å². The molecule has 1 aromatic carbocycles. The number of anilines is 1. The van der Waals surface area contributed by atoms with Gasteiger partial charge in [-0.3, -0.25) is 4.79 Å². The van der Waals surface area contributed by atoms with Crippen molar-refractivity contribution < 1.29 is 18.0 Å². The van der Waals surface area contributed by atoms with Crippen LogP contribution in [0.1, 0.15) is 38.5 Å². The van der Waals surface area contributed by atoms with Gasteiger partial charge in [-0.1, -0.05) is 25.7 Å². The molecule has 0 unspecified atom stereocenters. The third-order valence-corrected chi connectivity index (χ3v) is 4.17. The van der Waals surface area contributed by atoms with Gasteiger partial charge in [0.2, 0.25) is 5.91 Å². The van der Waals surface area contributed by atoms with E-state index >= 15 is 0 Å². The van der Waals surface area contributed by atoms with Crippen LogP contribution in [0.4, 0.5) is 18.9 Å². The second-order valence-corrected chi connectivity index (χ2v) is 5.61. The first-order valence-corrected chi connectivity index (χ1v) is 7.14.